The summed E-state index contributed by atoms with van der Waals surface area (Å²) in [6.07, 6.45) is 0. The van der Waals surface area contributed by atoms with Crippen molar-refractivity contribution < 1.29 is 188 Å². The first-order valence-electron chi connectivity index (χ1n) is 1.34. The van der Waals surface area contributed by atoms with E-state index in [1.54, 1.807) is 0 Å². The molecule has 9 nitrogen and oxygen atoms in total. The van der Waals surface area contributed by atoms with Gasteiger partial charge in [-0.1, -0.05) is 0 Å². The molecule has 0 heterocycles. The summed E-state index contributed by atoms with van der Waals surface area (Å²) in [5.74, 6) is 0. The molecule has 0 saturated carbocycles. The average molecular weight is 383 g/mol. The molecule has 0 rings (SSSR count). The van der Waals surface area contributed by atoms with Gasteiger partial charge in [0.15, 0.2) is 0 Å². The second-order valence-electron chi connectivity index (χ2n) is 0. The maximum Gasteiger partial charge on any atom is 3.00 e. The van der Waals surface area contributed by atoms with Crippen molar-refractivity contribution in [3.05, 3.63) is 39.4 Å². The van der Waals surface area contributed by atoms with Crippen LogP contribution in [0.4, 0.5) is 0 Å². The quantitative estimate of drug-likeness (QED) is 0.290. The molecule has 0 saturated heterocycles. The first-order chi connectivity index (χ1) is 6.00. The molecule has 0 aliphatic rings. The Morgan fingerprint density at radius 3 is 0.316 bits per heavy atom. The van der Waals surface area contributed by atoms with Crippen LogP contribution in [-0.2, 0) is 17.1 Å². The van der Waals surface area contributed by atoms with Gasteiger partial charge in [0.25, 0.3) is 0 Å². The average Bonchev–Trinajstić information content (AvgIpc) is 2.33. The summed E-state index contributed by atoms with van der Waals surface area (Å²) >= 11 is 0. The molecular weight excluding hydrogens is 377 g/mol. The molecule has 0 aromatic rings. The van der Waals surface area contributed by atoms with E-state index in [1.165, 1.54) is 0 Å². The number of hydrogen-bond donors (Lipinski definition) is 0. The minimum atomic E-state index is 0. The zero-order valence-electron chi connectivity index (χ0n) is 10.5. The fraction of sp³-hybridized carbons (Fsp3) is 0. The molecule has 0 aromatic heterocycles. The third kappa shape index (κ3) is 1330. The molecule has 1 radical (unpaired) electrons. The van der Waals surface area contributed by atoms with Crippen molar-refractivity contribution in [3.63, 3.8) is 0 Å². The van der Waals surface area contributed by atoms with Crippen LogP contribution in [0.15, 0.2) is 0 Å². The van der Waals surface area contributed by atoms with Crippen LogP contribution in [0.3, 0.4) is 0 Å². The predicted molar refractivity (Wildman–Crippen MR) is 40.6 cm³/mol. The molecule has 0 amide bonds. The number of nitrogens with zero attached hydrogens (tertiary/aromatic N) is 6. The van der Waals surface area contributed by atoms with Gasteiger partial charge in [0.1, 0.15) is 0 Å². The number of rotatable bonds is 0. The monoisotopic (exact) mass is 383 g/mol. The van der Waals surface area contributed by atoms with Crippen LogP contribution in [0, 0.1) is 71.0 Å². The third-order valence-corrected chi connectivity index (χ3v) is 0. The molecule has 0 unspecified atom stereocenters. The maximum atomic E-state index is 6.25. The van der Waals surface area contributed by atoms with Gasteiger partial charge in [-0.3, -0.25) is 0 Å². The van der Waals surface area contributed by atoms with Crippen LogP contribution in [0.2, 0.25) is 0 Å². The zero-order chi connectivity index (χ0) is 12.0. The van der Waals surface area contributed by atoms with Crippen molar-refractivity contribution in [2.45, 2.75) is 0 Å². The van der Waals surface area contributed by atoms with Gasteiger partial charge in [-0.05, 0) is 0 Å². The molecule has 0 bridgehead atoms. The number of hydrogen-bond acceptors (Lipinski definition) is 6. The summed E-state index contributed by atoms with van der Waals surface area (Å²) in [4.78, 5) is 0. The van der Waals surface area contributed by atoms with E-state index in [0.29, 0.717) is 0 Å². The molecule has 0 atom stereocenters. The molecule has 0 fully saturated rings. The van der Waals surface area contributed by atoms with Crippen molar-refractivity contribution in [3.8, 4) is 0 Å². The Labute approximate surface area is 252 Å². The van der Waals surface area contributed by atoms with Crippen LogP contribution in [-0.4, -0.2) is 16.4 Å². The molecule has 0 spiro atoms. The van der Waals surface area contributed by atoms with Crippen molar-refractivity contribution >= 4 is 0 Å². The molecule has 6 N–H and O–H groups in total. The fourth-order valence-electron chi connectivity index (χ4n) is 0. The first-order valence-corrected chi connectivity index (χ1v) is 1.34. The smallest absolute Gasteiger partial charge is 0.512 e. The molecule has 0 aliphatic heterocycles. The fourth-order valence-corrected chi connectivity index (χ4v) is 0. The maximum absolute atomic E-state index is 6.25. The van der Waals surface area contributed by atoms with E-state index in [0.717, 1.165) is 0 Å². The summed E-state index contributed by atoms with van der Waals surface area (Å²) in [6.45, 7) is 28.5. The van der Waals surface area contributed by atoms with Gasteiger partial charge >= 0.3 is 171 Å². The van der Waals surface area contributed by atoms with Gasteiger partial charge in [0.2, 0.25) is 0 Å². The van der Waals surface area contributed by atoms with E-state index >= 15 is 0 Å². The summed E-state index contributed by atoms with van der Waals surface area (Å²) in [5, 5.41) is 37.5. The summed E-state index contributed by atoms with van der Waals surface area (Å²) in [7, 11) is 0. The second kappa shape index (κ2) is 1480. The van der Waals surface area contributed by atoms with E-state index in [9.17, 15) is 0 Å². The summed E-state index contributed by atoms with van der Waals surface area (Å²) in [6, 6.07) is 0. The SMILES string of the molecule is O.O.O.[C-]#N.[C-]#N.[C-]#N.[C-]#N.[C-]#N.[C-]#N.[Fe+3].[K+].[K+].[K+]. The predicted octanol–water partition coefficient (Wildman–Crippen LogP) is -10.9. The van der Waals surface area contributed by atoms with Gasteiger partial charge in [0.05, 0.1) is 0 Å². The van der Waals surface area contributed by atoms with E-state index < -0.39 is 0 Å². The van der Waals surface area contributed by atoms with E-state index in [-0.39, 0.29) is 188 Å². The Hall–Kier alpha value is 2.25. The Bertz CT molecular complexity index is 115. The van der Waals surface area contributed by atoms with Gasteiger partial charge in [0, 0.05) is 0 Å². The summed E-state index contributed by atoms with van der Waals surface area (Å²) < 4.78 is 0. The van der Waals surface area contributed by atoms with Crippen molar-refractivity contribution in [1.82, 2.24) is 0 Å². The second-order valence-corrected chi connectivity index (χ2v) is 0. The standard InChI is InChI=1S/6CN.Fe.3K.3H2O/c6*1-2;;;;;;;/h;;;;;;;;;;3*1H2/q6*-1;+3;3*+1;;;. The topological polar surface area (TPSA) is 237 Å². The van der Waals surface area contributed by atoms with Crippen molar-refractivity contribution in [1.29, 1.82) is 31.6 Å². The Morgan fingerprint density at radius 2 is 0.316 bits per heavy atom. The van der Waals surface area contributed by atoms with E-state index in [2.05, 4.69) is 0 Å². The Balaban J connectivity index is -0.00000000193. The minimum Gasteiger partial charge on any atom is -0.512 e. The van der Waals surface area contributed by atoms with E-state index in [4.69, 9.17) is 71.0 Å². The van der Waals surface area contributed by atoms with Crippen LogP contribution < -0.4 is 154 Å². The van der Waals surface area contributed by atoms with Crippen LogP contribution in [0.5, 0.6) is 0 Å². The van der Waals surface area contributed by atoms with Gasteiger partial charge in [-0.2, -0.15) is 0 Å². The largest absolute Gasteiger partial charge is 3.00 e. The molecule has 13 heteroatoms. The van der Waals surface area contributed by atoms with Crippen LogP contribution in [0.1, 0.15) is 0 Å². The molecule has 0 aliphatic carbocycles. The molecule has 89 valence electrons. The van der Waals surface area contributed by atoms with Gasteiger partial charge in [-0.15, -0.1) is 0 Å². The van der Waals surface area contributed by atoms with Crippen LogP contribution >= 0.6 is 0 Å². The Morgan fingerprint density at radius 1 is 0.316 bits per heavy atom. The molecule has 0 aromatic carbocycles. The molecular formula is C6H6FeK3N6O3. The van der Waals surface area contributed by atoms with Gasteiger partial charge in [-0.25, -0.2) is 0 Å². The van der Waals surface area contributed by atoms with Crippen molar-refractivity contribution in [2.24, 2.45) is 0 Å². The van der Waals surface area contributed by atoms with Gasteiger partial charge < -0.3 is 87.4 Å². The molecule has 19 heavy (non-hydrogen) atoms. The van der Waals surface area contributed by atoms with Crippen molar-refractivity contribution in [2.75, 3.05) is 0 Å². The normalized spacial score (nSPS) is 0.632. The first kappa shape index (κ1) is 128. The summed E-state index contributed by atoms with van der Waals surface area (Å²) in [5.41, 5.74) is 0. The zero-order valence-corrected chi connectivity index (χ0v) is 21.0. The van der Waals surface area contributed by atoms with E-state index in [1.807, 2.05) is 0 Å². The minimum absolute atomic E-state index is 0. The third-order valence-electron chi connectivity index (χ3n) is 0. The Kier molecular flexibility index (Phi) is 10000. The van der Waals surface area contributed by atoms with Crippen LogP contribution in [0.25, 0.3) is 0 Å².